The van der Waals surface area contributed by atoms with E-state index in [0.717, 1.165) is 6.26 Å². The summed E-state index contributed by atoms with van der Waals surface area (Å²) in [5.41, 5.74) is 2.03. The Balaban J connectivity index is 1.86. The number of aromatic nitrogens is 1. The van der Waals surface area contributed by atoms with E-state index in [4.69, 9.17) is 9.47 Å². The third-order valence-corrected chi connectivity index (χ3v) is 6.51. The highest BCUT2D eigenvalue weighted by molar-refractivity contribution is 7.90. The maximum atomic E-state index is 14.5. The molecule has 0 bridgehead atoms. The molecule has 172 valence electrons. The number of benzene rings is 2. The van der Waals surface area contributed by atoms with E-state index in [1.165, 1.54) is 31.4 Å². The van der Waals surface area contributed by atoms with Crippen molar-refractivity contribution in [1.29, 1.82) is 0 Å². The number of carbonyl (C=O) groups excluding carboxylic acids is 1. The molecule has 2 aromatic carbocycles. The summed E-state index contributed by atoms with van der Waals surface area (Å²) in [6.45, 7) is 0. The Morgan fingerprint density at radius 1 is 1.06 bits per heavy atom. The molecule has 1 aliphatic heterocycles. The molecule has 0 saturated heterocycles. The quantitative estimate of drug-likeness (QED) is 0.525. The zero-order chi connectivity index (χ0) is 23.8. The predicted octanol–water partition coefficient (Wildman–Crippen LogP) is 3.58. The average molecular weight is 471 g/mol. The molecule has 9 heteroatoms. The lowest BCUT2D eigenvalue weighted by molar-refractivity contribution is -0.117. The Morgan fingerprint density at radius 2 is 1.79 bits per heavy atom. The minimum Gasteiger partial charge on any atom is -0.493 e. The van der Waals surface area contributed by atoms with Crippen LogP contribution in [0.5, 0.6) is 11.5 Å². The van der Waals surface area contributed by atoms with Crippen molar-refractivity contribution in [3.63, 3.8) is 0 Å². The maximum absolute atomic E-state index is 14.5. The van der Waals surface area contributed by atoms with Crippen LogP contribution in [0.15, 0.2) is 54.7 Å². The summed E-state index contributed by atoms with van der Waals surface area (Å²) in [6, 6.07) is 12.1. The molecule has 1 amide bonds. The van der Waals surface area contributed by atoms with Gasteiger partial charge in [-0.3, -0.25) is 9.69 Å². The molecule has 0 N–H and O–H groups in total. The number of nitrogens with zero attached hydrogens (tertiary/aromatic N) is 2. The summed E-state index contributed by atoms with van der Waals surface area (Å²) in [5.74, 6) is 0.165. The van der Waals surface area contributed by atoms with Gasteiger partial charge in [-0.1, -0.05) is 24.3 Å². The Morgan fingerprint density at radius 3 is 2.45 bits per heavy atom. The normalized spacial score (nSPS) is 14.2. The van der Waals surface area contributed by atoms with Gasteiger partial charge in [-0.15, -0.1) is 0 Å². The van der Waals surface area contributed by atoms with E-state index in [1.54, 1.807) is 42.5 Å². The number of ether oxygens (including phenoxy) is 2. The number of fused-ring (bicyclic) bond motifs is 1. The molecular weight excluding hydrogens is 447 g/mol. The Bertz CT molecular complexity index is 1330. The Kier molecular flexibility index (Phi) is 6.07. The van der Waals surface area contributed by atoms with Crippen LogP contribution in [0.2, 0.25) is 0 Å². The molecule has 2 heterocycles. The lowest BCUT2D eigenvalue weighted by atomic mass is 10.00. The molecule has 1 atom stereocenters. The molecule has 0 radical (unpaired) electrons. The summed E-state index contributed by atoms with van der Waals surface area (Å²) in [4.78, 5) is 19.0. The van der Waals surface area contributed by atoms with Crippen molar-refractivity contribution < 1.29 is 27.1 Å². The van der Waals surface area contributed by atoms with Gasteiger partial charge in [0.25, 0.3) is 0 Å². The van der Waals surface area contributed by atoms with Crippen molar-refractivity contribution in [3.8, 4) is 22.6 Å². The monoisotopic (exact) mass is 470 g/mol. The standard InChI is InChI=1S/C24H23FN2O5S/c1-31-21-9-8-15(12-22(21)32-2)20(14-33(3,29)30)27-23(28)13-18-16(10-11-26-24(18)27)17-6-4-5-7-19(17)25/h4-12,20H,13-14H2,1-3H3/t20-/m0/s1. The molecular formula is C24H23FN2O5S. The van der Waals surface area contributed by atoms with Crippen LogP contribution in [-0.4, -0.2) is 45.5 Å². The van der Waals surface area contributed by atoms with E-state index in [2.05, 4.69) is 4.98 Å². The van der Waals surface area contributed by atoms with Crippen LogP contribution in [-0.2, 0) is 21.1 Å². The lowest BCUT2D eigenvalue weighted by Crippen LogP contribution is -2.36. The van der Waals surface area contributed by atoms with Crippen molar-refractivity contribution >= 4 is 21.6 Å². The molecule has 1 aromatic heterocycles. The fourth-order valence-corrected chi connectivity index (χ4v) is 5.05. The second-order valence-corrected chi connectivity index (χ2v) is 9.99. The molecule has 4 rings (SSSR count). The van der Waals surface area contributed by atoms with E-state index in [1.807, 2.05) is 0 Å². The number of hydrogen-bond donors (Lipinski definition) is 0. The van der Waals surface area contributed by atoms with E-state index >= 15 is 0 Å². The van der Waals surface area contributed by atoms with Gasteiger partial charge >= 0.3 is 0 Å². The Labute approximate surface area is 191 Å². The number of carbonyl (C=O) groups is 1. The summed E-state index contributed by atoms with van der Waals surface area (Å²) in [7, 11) is -0.515. The first-order valence-corrected chi connectivity index (χ1v) is 12.2. The molecule has 0 spiro atoms. The number of methoxy groups -OCH3 is 2. The smallest absolute Gasteiger partial charge is 0.233 e. The predicted molar refractivity (Wildman–Crippen MR) is 123 cm³/mol. The van der Waals surface area contributed by atoms with Gasteiger partial charge < -0.3 is 9.47 Å². The van der Waals surface area contributed by atoms with Crippen LogP contribution in [0.4, 0.5) is 10.2 Å². The average Bonchev–Trinajstić information content (AvgIpc) is 3.12. The van der Waals surface area contributed by atoms with Crippen LogP contribution in [0.3, 0.4) is 0 Å². The highest BCUT2D eigenvalue weighted by Gasteiger charge is 2.38. The fraction of sp³-hybridized carbons (Fsp3) is 0.250. The van der Waals surface area contributed by atoms with Gasteiger partial charge in [0, 0.05) is 23.6 Å². The van der Waals surface area contributed by atoms with Crippen LogP contribution in [0.25, 0.3) is 11.1 Å². The van der Waals surface area contributed by atoms with E-state index in [-0.39, 0.29) is 18.1 Å². The molecule has 0 unspecified atom stereocenters. The van der Waals surface area contributed by atoms with Crippen molar-refractivity contribution in [2.24, 2.45) is 0 Å². The summed E-state index contributed by atoms with van der Waals surface area (Å²) in [6.07, 6.45) is 2.60. The highest BCUT2D eigenvalue weighted by Crippen LogP contribution is 2.41. The first-order valence-electron chi connectivity index (χ1n) is 10.2. The van der Waals surface area contributed by atoms with Gasteiger partial charge in [0.15, 0.2) is 11.5 Å². The van der Waals surface area contributed by atoms with Gasteiger partial charge in [0.2, 0.25) is 5.91 Å². The fourth-order valence-electron chi connectivity index (χ4n) is 4.14. The van der Waals surface area contributed by atoms with Crippen LogP contribution in [0.1, 0.15) is 17.2 Å². The second kappa shape index (κ2) is 8.82. The number of hydrogen-bond acceptors (Lipinski definition) is 6. The molecule has 0 saturated carbocycles. The van der Waals surface area contributed by atoms with Gasteiger partial charge in [-0.25, -0.2) is 17.8 Å². The van der Waals surface area contributed by atoms with Crippen molar-refractivity contribution in [2.75, 3.05) is 31.1 Å². The van der Waals surface area contributed by atoms with Gasteiger partial charge in [0.1, 0.15) is 21.5 Å². The zero-order valence-corrected chi connectivity index (χ0v) is 19.2. The molecule has 0 fully saturated rings. The number of anilines is 1. The highest BCUT2D eigenvalue weighted by atomic mass is 32.2. The largest absolute Gasteiger partial charge is 0.493 e. The minimum absolute atomic E-state index is 0.0135. The summed E-state index contributed by atoms with van der Waals surface area (Å²) in [5, 5.41) is 0. The third kappa shape index (κ3) is 4.41. The number of halogens is 1. The molecule has 33 heavy (non-hydrogen) atoms. The SMILES string of the molecule is COc1ccc([C@H](CS(C)(=O)=O)N2C(=O)Cc3c(-c4ccccc4F)ccnc32)cc1OC. The number of rotatable bonds is 7. The number of amides is 1. The van der Waals surface area contributed by atoms with Gasteiger partial charge in [0.05, 0.1) is 32.4 Å². The summed E-state index contributed by atoms with van der Waals surface area (Å²) < 4.78 is 49.8. The maximum Gasteiger partial charge on any atom is 0.233 e. The van der Waals surface area contributed by atoms with Crippen molar-refractivity contribution in [3.05, 3.63) is 71.7 Å². The minimum atomic E-state index is -3.49. The van der Waals surface area contributed by atoms with E-state index < -0.39 is 21.7 Å². The molecule has 1 aliphatic rings. The third-order valence-electron chi connectivity index (χ3n) is 5.59. The molecule has 3 aromatic rings. The van der Waals surface area contributed by atoms with Crippen LogP contribution >= 0.6 is 0 Å². The van der Waals surface area contributed by atoms with E-state index in [9.17, 15) is 17.6 Å². The topological polar surface area (TPSA) is 85.8 Å². The first kappa shape index (κ1) is 22.7. The number of pyridine rings is 1. The van der Waals surface area contributed by atoms with Crippen LogP contribution in [0, 0.1) is 5.82 Å². The number of sulfone groups is 1. The van der Waals surface area contributed by atoms with Gasteiger partial charge in [-0.05, 0) is 35.4 Å². The van der Waals surface area contributed by atoms with Crippen molar-refractivity contribution in [2.45, 2.75) is 12.5 Å². The lowest BCUT2D eigenvalue weighted by Gasteiger charge is -2.28. The first-order chi connectivity index (χ1) is 15.7. The summed E-state index contributed by atoms with van der Waals surface area (Å²) >= 11 is 0. The Hall–Kier alpha value is -3.46. The van der Waals surface area contributed by atoms with Crippen LogP contribution < -0.4 is 14.4 Å². The molecule has 7 nitrogen and oxygen atoms in total. The second-order valence-electron chi connectivity index (χ2n) is 7.80. The zero-order valence-electron chi connectivity index (χ0n) is 18.4. The van der Waals surface area contributed by atoms with E-state index in [0.29, 0.717) is 39.6 Å². The molecule has 0 aliphatic carbocycles. The van der Waals surface area contributed by atoms with Crippen molar-refractivity contribution in [1.82, 2.24) is 4.98 Å². The van der Waals surface area contributed by atoms with Gasteiger partial charge in [-0.2, -0.15) is 0 Å².